The quantitative estimate of drug-likeness (QED) is 0.434. The normalized spacial score (nSPS) is 36.0. The van der Waals surface area contributed by atoms with Crippen LogP contribution in [0.1, 0.15) is 6.42 Å². The van der Waals surface area contributed by atoms with Crippen LogP contribution in [0.15, 0.2) is 0 Å². The highest BCUT2D eigenvalue weighted by molar-refractivity contribution is 7.85. The molecule has 0 aromatic rings. The van der Waals surface area contributed by atoms with Gasteiger partial charge in [-0.15, -0.1) is 0 Å². The van der Waals surface area contributed by atoms with E-state index in [1.165, 1.54) is 0 Å². The van der Waals surface area contributed by atoms with Crippen LogP contribution in [0.3, 0.4) is 0 Å². The monoisotopic (exact) mass is 163 g/mol. The zero-order valence-corrected chi connectivity index (χ0v) is 6.66. The van der Waals surface area contributed by atoms with Gasteiger partial charge in [-0.05, 0) is 6.42 Å². The number of thiol groups is 2. The number of hydrogen-bond donors (Lipinski definition) is 3. The zero-order valence-electron chi connectivity index (χ0n) is 4.87. The Morgan fingerprint density at radius 1 is 1.56 bits per heavy atom. The fraction of sp³-hybridized carbons (Fsp3) is 0.800. The number of nitrogens with one attached hydrogen (secondary N) is 1. The fourth-order valence-electron chi connectivity index (χ4n) is 0.780. The molecule has 1 rings (SSSR count). The van der Waals surface area contributed by atoms with Crippen molar-refractivity contribution in [3.8, 4) is 0 Å². The smallest absolute Gasteiger partial charge is 0.233 e. The molecule has 0 aromatic carbocycles. The lowest BCUT2D eigenvalue weighted by Gasteiger charge is -2.23. The third-order valence-corrected chi connectivity index (χ3v) is 2.76. The van der Waals surface area contributed by atoms with Gasteiger partial charge in [-0.25, -0.2) is 0 Å². The second-order valence-corrected chi connectivity index (χ2v) is 3.31. The van der Waals surface area contributed by atoms with E-state index in [0.717, 1.165) is 13.0 Å². The van der Waals surface area contributed by atoms with Crippen molar-refractivity contribution in [2.24, 2.45) is 0 Å². The van der Waals surface area contributed by atoms with Gasteiger partial charge >= 0.3 is 0 Å². The van der Waals surface area contributed by atoms with Crippen LogP contribution < -0.4 is 5.32 Å². The summed E-state index contributed by atoms with van der Waals surface area (Å²) in [5, 5.41) is 2.60. The molecule has 0 aromatic heterocycles. The Bertz CT molecular complexity index is 128. The van der Waals surface area contributed by atoms with Gasteiger partial charge in [0.2, 0.25) is 5.91 Å². The first-order valence-electron chi connectivity index (χ1n) is 2.85. The maximum atomic E-state index is 10.8. The van der Waals surface area contributed by atoms with Gasteiger partial charge in [-0.3, -0.25) is 4.79 Å². The SMILES string of the molecule is O=C1NCCC(S)C1S. The average molecular weight is 163 g/mol. The van der Waals surface area contributed by atoms with E-state index in [1.54, 1.807) is 0 Å². The van der Waals surface area contributed by atoms with Gasteiger partial charge in [0.05, 0.1) is 5.25 Å². The molecule has 0 saturated carbocycles. The third kappa shape index (κ3) is 1.55. The highest BCUT2D eigenvalue weighted by atomic mass is 32.1. The van der Waals surface area contributed by atoms with E-state index in [1.807, 2.05) is 0 Å². The molecule has 0 spiro atoms. The van der Waals surface area contributed by atoms with Gasteiger partial charge < -0.3 is 5.32 Å². The van der Waals surface area contributed by atoms with Crippen LogP contribution in [0, 0.1) is 0 Å². The van der Waals surface area contributed by atoms with Crippen molar-refractivity contribution in [2.45, 2.75) is 16.9 Å². The molecule has 9 heavy (non-hydrogen) atoms. The summed E-state index contributed by atoms with van der Waals surface area (Å²) < 4.78 is 0. The molecule has 1 N–H and O–H groups in total. The molecule has 4 heteroatoms. The van der Waals surface area contributed by atoms with E-state index in [0.29, 0.717) is 0 Å². The van der Waals surface area contributed by atoms with Crippen molar-refractivity contribution in [2.75, 3.05) is 6.54 Å². The molecule has 1 aliphatic rings. The molecule has 1 fully saturated rings. The molecular weight excluding hydrogens is 154 g/mol. The van der Waals surface area contributed by atoms with E-state index < -0.39 is 0 Å². The summed E-state index contributed by atoms with van der Waals surface area (Å²) >= 11 is 8.24. The Kier molecular flexibility index (Phi) is 2.29. The fourth-order valence-corrected chi connectivity index (χ4v) is 1.29. The predicted molar refractivity (Wildman–Crippen MR) is 43.2 cm³/mol. The molecule has 1 saturated heterocycles. The Morgan fingerprint density at radius 3 is 2.67 bits per heavy atom. The lowest BCUT2D eigenvalue weighted by molar-refractivity contribution is -0.121. The summed E-state index contributed by atoms with van der Waals surface area (Å²) in [4.78, 5) is 10.8. The molecule has 2 atom stereocenters. The number of rotatable bonds is 0. The van der Waals surface area contributed by atoms with Crippen LogP contribution >= 0.6 is 25.3 Å². The minimum Gasteiger partial charge on any atom is -0.355 e. The van der Waals surface area contributed by atoms with Crippen molar-refractivity contribution in [1.29, 1.82) is 0 Å². The highest BCUT2D eigenvalue weighted by Gasteiger charge is 2.25. The molecule has 1 aliphatic heterocycles. The minimum atomic E-state index is -0.220. The van der Waals surface area contributed by atoms with Crippen molar-refractivity contribution in [3.63, 3.8) is 0 Å². The molecule has 1 heterocycles. The molecular formula is C5H9NOS2. The Morgan fingerprint density at radius 2 is 2.22 bits per heavy atom. The molecule has 2 unspecified atom stereocenters. The van der Waals surface area contributed by atoms with Gasteiger partial charge in [-0.1, -0.05) is 0 Å². The Labute approximate surface area is 65.2 Å². The summed E-state index contributed by atoms with van der Waals surface area (Å²) in [7, 11) is 0. The van der Waals surface area contributed by atoms with Gasteiger partial charge in [0.15, 0.2) is 0 Å². The first kappa shape index (κ1) is 7.28. The molecule has 52 valence electrons. The van der Waals surface area contributed by atoms with Gasteiger partial charge in [0.25, 0.3) is 0 Å². The summed E-state index contributed by atoms with van der Waals surface area (Å²) in [6.45, 7) is 0.740. The number of hydrogen-bond acceptors (Lipinski definition) is 3. The number of amides is 1. The van der Waals surface area contributed by atoms with Crippen LogP contribution in [-0.2, 0) is 4.79 Å². The number of piperidine rings is 1. The molecule has 2 nitrogen and oxygen atoms in total. The average Bonchev–Trinajstić information content (AvgIpc) is 1.83. The maximum Gasteiger partial charge on any atom is 0.233 e. The van der Waals surface area contributed by atoms with Crippen molar-refractivity contribution >= 4 is 31.2 Å². The second-order valence-electron chi connectivity index (χ2n) is 2.09. The van der Waals surface area contributed by atoms with E-state index >= 15 is 0 Å². The van der Waals surface area contributed by atoms with E-state index in [9.17, 15) is 4.79 Å². The Hall–Kier alpha value is 0.170. The van der Waals surface area contributed by atoms with Crippen LogP contribution in [0.4, 0.5) is 0 Å². The zero-order chi connectivity index (χ0) is 6.85. The second kappa shape index (κ2) is 2.84. The van der Waals surface area contributed by atoms with Gasteiger partial charge in [-0.2, -0.15) is 25.3 Å². The van der Waals surface area contributed by atoms with Gasteiger partial charge in [0.1, 0.15) is 0 Å². The molecule has 0 bridgehead atoms. The topological polar surface area (TPSA) is 29.1 Å². The summed E-state index contributed by atoms with van der Waals surface area (Å²) in [5.41, 5.74) is 0. The van der Waals surface area contributed by atoms with Crippen LogP contribution in [0.2, 0.25) is 0 Å². The third-order valence-electron chi connectivity index (χ3n) is 1.37. The van der Waals surface area contributed by atoms with Crippen LogP contribution in [0.5, 0.6) is 0 Å². The summed E-state index contributed by atoms with van der Waals surface area (Å²) in [6.07, 6.45) is 0.920. The first-order chi connectivity index (χ1) is 4.22. The first-order valence-corrected chi connectivity index (χ1v) is 3.89. The van der Waals surface area contributed by atoms with Crippen LogP contribution in [-0.4, -0.2) is 23.0 Å². The largest absolute Gasteiger partial charge is 0.355 e. The van der Waals surface area contributed by atoms with E-state index in [2.05, 4.69) is 30.6 Å². The summed E-state index contributed by atoms with van der Waals surface area (Å²) in [6, 6.07) is 0. The Balaban J connectivity index is 2.51. The molecule has 1 amide bonds. The highest BCUT2D eigenvalue weighted by Crippen LogP contribution is 2.15. The minimum absolute atomic E-state index is 0.00424. The lowest BCUT2D eigenvalue weighted by Crippen LogP contribution is -2.43. The van der Waals surface area contributed by atoms with E-state index in [4.69, 9.17) is 0 Å². The summed E-state index contributed by atoms with van der Waals surface area (Å²) in [5.74, 6) is 0.00424. The van der Waals surface area contributed by atoms with Gasteiger partial charge in [0, 0.05) is 11.8 Å². The number of carbonyl (C=O) groups excluding carboxylic acids is 1. The predicted octanol–water partition coefficient (Wildman–Crippen LogP) is 0.103. The standard InChI is InChI=1S/C5H9NOS2/c7-5-4(9)3(8)1-2-6-5/h3-4,8-9H,1-2H2,(H,6,7). The van der Waals surface area contributed by atoms with Crippen LogP contribution in [0.25, 0.3) is 0 Å². The lowest BCUT2D eigenvalue weighted by atomic mass is 10.1. The maximum absolute atomic E-state index is 10.8. The van der Waals surface area contributed by atoms with E-state index in [-0.39, 0.29) is 16.4 Å². The number of carbonyl (C=O) groups is 1. The molecule has 0 radical (unpaired) electrons. The van der Waals surface area contributed by atoms with Crippen molar-refractivity contribution in [3.05, 3.63) is 0 Å². The molecule has 0 aliphatic carbocycles. The van der Waals surface area contributed by atoms with Crippen molar-refractivity contribution < 1.29 is 4.79 Å². The van der Waals surface area contributed by atoms with Crippen molar-refractivity contribution in [1.82, 2.24) is 5.32 Å².